The van der Waals surface area contributed by atoms with E-state index in [0.717, 1.165) is 5.56 Å². The maximum absolute atomic E-state index is 9.68. The van der Waals surface area contributed by atoms with Gasteiger partial charge in [-0.25, -0.2) is 4.79 Å². The number of rotatable bonds is 3. The Labute approximate surface area is 69.7 Å². The molecule has 11 heavy (non-hydrogen) atoms. The molecule has 0 aromatic heterocycles. The normalized spacial score (nSPS) is 9.18. The summed E-state index contributed by atoms with van der Waals surface area (Å²) in [6.07, 6.45) is 0. The molecule has 1 radical (unpaired) electrons. The van der Waals surface area contributed by atoms with Crippen molar-refractivity contribution in [1.29, 1.82) is 0 Å². The Balaban J connectivity index is 2.63. The molecule has 0 heterocycles. The van der Waals surface area contributed by atoms with Gasteiger partial charge in [-0.2, -0.15) is 0 Å². The molecule has 3 heteroatoms. The minimum absolute atomic E-state index is 0.226. The Bertz CT molecular complexity index is 248. The van der Waals surface area contributed by atoms with E-state index in [0.29, 0.717) is 5.02 Å². The largest absolute Gasteiger partial charge is 0.452 e. The summed E-state index contributed by atoms with van der Waals surface area (Å²) < 4.78 is 4.41. The van der Waals surface area contributed by atoms with Crippen LogP contribution in [-0.4, -0.2) is 6.47 Å². The van der Waals surface area contributed by atoms with Crippen LogP contribution in [0.5, 0.6) is 0 Å². The van der Waals surface area contributed by atoms with Gasteiger partial charge in [0.05, 0.1) is 0 Å². The molecular formula is C8H6ClO2. The van der Waals surface area contributed by atoms with E-state index in [1.807, 2.05) is 6.07 Å². The number of carbonyl (C=O) groups excluding carboxylic acids is 1. The fraction of sp³-hybridized carbons (Fsp3) is 0.125. The summed E-state index contributed by atoms with van der Waals surface area (Å²) in [5.74, 6) is 0. The highest BCUT2D eigenvalue weighted by molar-refractivity contribution is 6.30. The van der Waals surface area contributed by atoms with E-state index in [9.17, 15) is 4.79 Å². The number of ether oxygens (including phenoxy) is 1. The van der Waals surface area contributed by atoms with Gasteiger partial charge < -0.3 is 4.74 Å². The smallest absolute Gasteiger partial charge is 0.417 e. The lowest BCUT2D eigenvalue weighted by Gasteiger charge is -1.97. The lowest BCUT2D eigenvalue weighted by Crippen LogP contribution is -1.88. The first-order chi connectivity index (χ1) is 5.33. The van der Waals surface area contributed by atoms with Gasteiger partial charge in [0.1, 0.15) is 6.61 Å². The lowest BCUT2D eigenvalue weighted by atomic mass is 10.2. The molecule has 1 aromatic carbocycles. The molecule has 0 saturated carbocycles. The van der Waals surface area contributed by atoms with Gasteiger partial charge in [-0.1, -0.05) is 23.7 Å². The van der Waals surface area contributed by atoms with Crippen LogP contribution in [0, 0.1) is 0 Å². The van der Waals surface area contributed by atoms with Gasteiger partial charge in [-0.3, -0.25) is 0 Å². The zero-order chi connectivity index (χ0) is 8.10. The van der Waals surface area contributed by atoms with Gasteiger partial charge in [0, 0.05) is 5.02 Å². The first-order valence-electron chi connectivity index (χ1n) is 3.06. The van der Waals surface area contributed by atoms with Crippen molar-refractivity contribution in [3.8, 4) is 0 Å². The third-order valence-corrected chi connectivity index (χ3v) is 1.42. The minimum Gasteiger partial charge on any atom is -0.452 e. The lowest BCUT2D eigenvalue weighted by molar-refractivity contribution is 0.267. The number of halogens is 1. The average molecular weight is 170 g/mol. The highest BCUT2D eigenvalue weighted by Crippen LogP contribution is 2.10. The van der Waals surface area contributed by atoms with Gasteiger partial charge in [0.25, 0.3) is 0 Å². The Hall–Kier alpha value is -1.02. The van der Waals surface area contributed by atoms with E-state index in [4.69, 9.17) is 11.6 Å². The summed E-state index contributed by atoms with van der Waals surface area (Å²) in [6.45, 7) is 1.57. The van der Waals surface area contributed by atoms with Crippen molar-refractivity contribution < 1.29 is 9.53 Å². The summed E-state index contributed by atoms with van der Waals surface area (Å²) in [5, 5.41) is 0.636. The molecule has 0 fully saturated rings. The van der Waals surface area contributed by atoms with Crippen LogP contribution >= 0.6 is 11.6 Å². The first-order valence-corrected chi connectivity index (χ1v) is 3.44. The summed E-state index contributed by atoms with van der Waals surface area (Å²) >= 11 is 5.67. The Kier molecular flexibility index (Phi) is 2.93. The number of hydrogen-bond donors (Lipinski definition) is 0. The highest BCUT2D eigenvalue weighted by atomic mass is 35.5. The second kappa shape index (κ2) is 3.98. The highest BCUT2D eigenvalue weighted by Gasteiger charge is 1.92. The molecule has 57 valence electrons. The quantitative estimate of drug-likeness (QED) is 0.691. The van der Waals surface area contributed by atoms with Crippen LogP contribution in [0.2, 0.25) is 5.02 Å². The van der Waals surface area contributed by atoms with Gasteiger partial charge in [-0.15, -0.1) is 0 Å². The maximum Gasteiger partial charge on any atom is 0.417 e. The monoisotopic (exact) mass is 169 g/mol. The maximum atomic E-state index is 9.68. The van der Waals surface area contributed by atoms with Crippen molar-refractivity contribution in [2.45, 2.75) is 6.61 Å². The first kappa shape index (κ1) is 8.08. The third-order valence-electron chi connectivity index (χ3n) is 1.19. The molecule has 0 amide bonds. The van der Waals surface area contributed by atoms with E-state index >= 15 is 0 Å². The fourth-order valence-corrected chi connectivity index (χ4v) is 0.952. The number of hydrogen-bond acceptors (Lipinski definition) is 2. The number of benzene rings is 1. The second-order valence-electron chi connectivity index (χ2n) is 2.00. The molecule has 1 rings (SSSR count). The van der Waals surface area contributed by atoms with Crippen molar-refractivity contribution in [3.05, 3.63) is 34.9 Å². The van der Waals surface area contributed by atoms with Gasteiger partial charge in [-0.05, 0) is 17.7 Å². The summed E-state index contributed by atoms with van der Waals surface area (Å²) in [7, 11) is 0. The van der Waals surface area contributed by atoms with Crippen LogP contribution in [0.25, 0.3) is 0 Å². The molecule has 0 atom stereocenters. The van der Waals surface area contributed by atoms with E-state index in [1.165, 1.54) is 6.47 Å². The molecule has 0 bridgehead atoms. The molecule has 0 spiro atoms. The predicted molar refractivity (Wildman–Crippen MR) is 41.9 cm³/mol. The fourth-order valence-electron chi connectivity index (χ4n) is 0.740. The standard InChI is InChI=1S/C8H6ClO2/c9-8-3-1-2-7(4-8)5-11-6-10/h1-4H,5H2. The third kappa shape index (κ3) is 2.60. The van der Waals surface area contributed by atoms with Crippen LogP contribution < -0.4 is 0 Å². The Morgan fingerprint density at radius 1 is 1.55 bits per heavy atom. The summed E-state index contributed by atoms with van der Waals surface area (Å²) in [6, 6.07) is 7.11. The molecule has 1 aromatic rings. The van der Waals surface area contributed by atoms with E-state index in [-0.39, 0.29) is 6.61 Å². The SMILES string of the molecule is O=[C]OCc1cccc(Cl)c1. The van der Waals surface area contributed by atoms with Crippen LogP contribution in [0.3, 0.4) is 0 Å². The predicted octanol–water partition coefficient (Wildman–Crippen LogP) is 1.92. The van der Waals surface area contributed by atoms with Crippen LogP contribution in [0.1, 0.15) is 5.56 Å². The second-order valence-corrected chi connectivity index (χ2v) is 2.44. The van der Waals surface area contributed by atoms with Crippen molar-refractivity contribution in [2.75, 3.05) is 0 Å². The van der Waals surface area contributed by atoms with Crippen molar-refractivity contribution in [1.82, 2.24) is 0 Å². The zero-order valence-corrected chi connectivity index (χ0v) is 6.47. The van der Waals surface area contributed by atoms with Crippen LogP contribution in [-0.2, 0) is 16.1 Å². The molecule has 2 nitrogen and oxygen atoms in total. The van der Waals surface area contributed by atoms with Gasteiger partial charge in [0.2, 0.25) is 0 Å². The summed E-state index contributed by atoms with van der Waals surface area (Å²) in [4.78, 5) is 9.68. The molecule has 0 saturated heterocycles. The van der Waals surface area contributed by atoms with Crippen LogP contribution in [0.15, 0.2) is 24.3 Å². The van der Waals surface area contributed by atoms with Crippen LogP contribution in [0.4, 0.5) is 0 Å². The van der Waals surface area contributed by atoms with Gasteiger partial charge >= 0.3 is 6.47 Å². The average Bonchev–Trinajstić information content (AvgIpc) is 2.01. The van der Waals surface area contributed by atoms with E-state index < -0.39 is 0 Å². The van der Waals surface area contributed by atoms with Crippen molar-refractivity contribution in [3.63, 3.8) is 0 Å². The zero-order valence-electron chi connectivity index (χ0n) is 5.71. The molecule has 0 aliphatic rings. The van der Waals surface area contributed by atoms with E-state index in [1.54, 1.807) is 18.2 Å². The molecule has 0 unspecified atom stereocenters. The summed E-state index contributed by atoms with van der Waals surface area (Å²) in [5.41, 5.74) is 0.862. The molecule has 0 aliphatic heterocycles. The van der Waals surface area contributed by atoms with E-state index in [2.05, 4.69) is 4.74 Å². The van der Waals surface area contributed by atoms with Crippen molar-refractivity contribution >= 4 is 18.1 Å². The Morgan fingerprint density at radius 3 is 3.00 bits per heavy atom. The Morgan fingerprint density at radius 2 is 2.36 bits per heavy atom. The van der Waals surface area contributed by atoms with Gasteiger partial charge in [0.15, 0.2) is 0 Å². The molecule has 0 aliphatic carbocycles. The minimum atomic E-state index is 0.226. The molecule has 0 N–H and O–H groups in total. The molecular weight excluding hydrogens is 164 g/mol. The topological polar surface area (TPSA) is 26.3 Å². The van der Waals surface area contributed by atoms with Crippen molar-refractivity contribution in [2.24, 2.45) is 0 Å².